The Morgan fingerprint density at radius 1 is 1.14 bits per heavy atom. The maximum Gasteiger partial charge on any atom is 0.134 e. The number of furan rings is 1. The van der Waals surface area contributed by atoms with Gasteiger partial charge in [0.25, 0.3) is 0 Å². The smallest absolute Gasteiger partial charge is 0.134 e. The summed E-state index contributed by atoms with van der Waals surface area (Å²) >= 11 is 0. The molecule has 1 unspecified atom stereocenters. The average Bonchev–Trinajstić information content (AvgIpc) is 3.17. The topological polar surface area (TPSA) is 31.7 Å². The van der Waals surface area contributed by atoms with Gasteiger partial charge in [0, 0.05) is 44.2 Å². The van der Waals surface area contributed by atoms with Crippen LogP contribution in [0.4, 0.5) is 0 Å². The minimum Gasteiger partial charge on any atom is -0.460 e. The minimum atomic E-state index is 0.762. The second kappa shape index (κ2) is 5.79. The molecule has 2 saturated heterocycles. The van der Waals surface area contributed by atoms with E-state index in [4.69, 9.17) is 4.42 Å². The zero-order valence-corrected chi connectivity index (χ0v) is 12.4. The van der Waals surface area contributed by atoms with Crippen LogP contribution >= 0.6 is 0 Å². The zero-order valence-electron chi connectivity index (χ0n) is 12.4. The summed E-state index contributed by atoms with van der Waals surface area (Å²) in [4.78, 5) is 5.16. The fourth-order valence-corrected chi connectivity index (χ4v) is 3.57. The van der Waals surface area contributed by atoms with Gasteiger partial charge < -0.3 is 9.73 Å². The molecular formula is C17H23N3O. The number of hydrogen-bond donors (Lipinski definition) is 1. The highest BCUT2D eigenvalue weighted by molar-refractivity contribution is 5.77. The van der Waals surface area contributed by atoms with Crippen LogP contribution < -0.4 is 5.32 Å². The summed E-state index contributed by atoms with van der Waals surface area (Å²) in [5.74, 6) is 1.09. The minimum absolute atomic E-state index is 0.762. The molecule has 2 aliphatic heterocycles. The SMILES string of the molecule is c1ccc2oc(CN3CCN(C4CCNC4)CC3)cc2c1. The summed E-state index contributed by atoms with van der Waals surface area (Å²) in [6, 6.07) is 11.2. The number of para-hydroxylation sites is 1. The van der Waals surface area contributed by atoms with Crippen molar-refractivity contribution in [2.24, 2.45) is 0 Å². The quantitative estimate of drug-likeness (QED) is 0.933. The predicted molar refractivity (Wildman–Crippen MR) is 84.3 cm³/mol. The van der Waals surface area contributed by atoms with Crippen molar-refractivity contribution < 1.29 is 4.42 Å². The van der Waals surface area contributed by atoms with Crippen LogP contribution in [-0.2, 0) is 6.54 Å². The van der Waals surface area contributed by atoms with Gasteiger partial charge in [-0.2, -0.15) is 0 Å². The Hall–Kier alpha value is -1.36. The lowest BCUT2D eigenvalue weighted by Gasteiger charge is -2.37. The fourth-order valence-electron chi connectivity index (χ4n) is 3.57. The van der Waals surface area contributed by atoms with E-state index in [1.54, 1.807) is 0 Å². The molecule has 2 fully saturated rings. The van der Waals surface area contributed by atoms with Crippen molar-refractivity contribution in [2.75, 3.05) is 39.3 Å². The molecule has 0 bridgehead atoms. The number of fused-ring (bicyclic) bond motifs is 1. The molecule has 3 heterocycles. The molecule has 4 heteroatoms. The van der Waals surface area contributed by atoms with Crippen LogP contribution in [0.25, 0.3) is 11.0 Å². The van der Waals surface area contributed by atoms with Crippen LogP contribution in [0.3, 0.4) is 0 Å². The van der Waals surface area contributed by atoms with Crippen LogP contribution in [-0.4, -0.2) is 55.1 Å². The first-order chi connectivity index (χ1) is 10.4. The number of piperazine rings is 1. The zero-order chi connectivity index (χ0) is 14.1. The Morgan fingerprint density at radius 2 is 2.00 bits per heavy atom. The van der Waals surface area contributed by atoms with Crippen molar-refractivity contribution in [1.29, 1.82) is 0 Å². The number of benzene rings is 1. The van der Waals surface area contributed by atoms with E-state index in [1.165, 1.54) is 38.0 Å². The third-order valence-electron chi connectivity index (χ3n) is 4.81. The van der Waals surface area contributed by atoms with E-state index in [1.807, 2.05) is 12.1 Å². The number of nitrogens with zero attached hydrogens (tertiary/aromatic N) is 2. The lowest BCUT2D eigenvalue weighted by atomic mass is 10.2. The van der Waals surface area contributed by atoms with Crippen molar-refractivity contribution in [3.05, 3.63) is 36.1 Å². The van der Waals surface area contributed by atoms with Gasteiger partial charge in [0.05, 0.1) is 6.54 Å². The van der Waals surface area contributed by atoms with Gasteiger partial charge in [-0.15, -0.1) is 0 Å². The molecule has 0 amide bonds. The molecular weight excluding hydrogens is 262 g/mol. The first-order valence-electron chi connectivity index (χ1n) is 8.03. The highest BCUT2D eigenvalue weighted by atomic mass is 16.3. The van der Waals surface area contributed by atoms with Crippen LogP contribution in [0.15, 0.2) is 34.7 Å². The number of rotatable bonds is 3. The Bertz CT molecular complexity index is 562. The molecule has 2 aromatic rings. The van der Waals surface area contributed by atoms with E-state index in [9.17, 15) is 0 Å². The van der Waals surface area contributed by atoms with Crippen molar-refractivity contribution in [1.82, 2.24) is 15.1 Å². The molecule has 1 aromatic carbocycles. The van der Waals surface area contributed by atoms with E-state index < -0.39 is 0 Å². The summed E-state index contributed by atoms with van der Waals surface area (Å²) in [6.45, 7) is 7.96. The third-order valence-corrected chi connectivity index (χ3v) is 4.81. The molecule has 2 aliphatic rings. The highest BCUT2D eigenvalue weighted by Gasteiger charge is 2.26. The Labute approximate surface area is 125 Å². The monoisotopic (exact) mass is 285 g/mol. The van der Waals surface area contributed by atoms with Crippen LogP contribution in [0.1, 0.15) is 12.2 Å². The molecule has 112 valence electrons. The van der Waals surface area contributed by atoms with Crippen LogP contribution in [0, 0.1) is 0 Å². The van der Waals surface area contributed by atoms with E-state index >= 15 is 0 Å². The molecule has 0 saturated carbocycles. The van der Waals surface area contributed by atoms with Crippen LogP contribution in [0.5, 0.6) is 0 Å². The highest BCUT2D eigenvalue weighted by Crippen LogP contribution is 2.21. The summed E-state index contributed by atoms with van der Waals surface area (Å²) in [6.07, 6.45) is 1.31. The lowest BCUT2D eigenvalue weighted by molar-refractivity contribution is 0.0940. The van der Waals surface area contributed by atoms with E-state index in [-0.39, 0.29) is 0 Å². The lowest BCUT2D eigenvalue weighted by Crippen LogP contribution is -2.50. The van der Waals surface area contributed by atoms with Gasteiger partial charge in [-0.25, -0.2) is 0 Å². The summed E-state index contributed by atoms with van der Waals surface area (Å²) in [5.41, 5.74) is 1.00. The normalized spacial score (nSPS) is 24.9. The maximum absolute atomic E-state index is 5.93. The maximum atomic E-state index is 5.93. The van der Waals surface area contributed by atoms with Crippen molar-refractivity contribution >= 4 is 11.0 Å². The largest absolute Gasteiger partial charge is 0.460 e. The van der Waals surface area contributed by atoms with Gasteiger partial charge >= 0.3 is 0 Å². The summed E-state index contributed by atoms with van der Waals surface area (Å²) in [5, 5.41) is 4.68. The van der Waals surface area contributed by atoms with Gasteiger partial charge in [-0.3, -0.25) is 9.80 Å². The first-order valence-corrected chi connectivity index (χ1v) is 8.03. The van der Waals surface area contributed by atoms with Gasteiger partial charge in [-0.05, 0) is 25.1 Å². The van der Waals surface area contributed by atoms with E-state index in [2.05, 4.69) is 33.3 Å². The Kier molecular flexibility index (Phi) is 3.67. The Morgan fingerprint density at radius 3 is 2.76 bits per heavy atom. The second-order valence-corrected chi connectivity index (χ2v) is 6.21. The predicted octanol–water partition coefficient (Wildman–Crippen LogP) is 1.91. The molecule has 1 aromatic heterocycles. The molecule has 0 aliphatic carbocycles. The molecule has 21 heavy (non-hydrogen) atoms. The standard InChI is InChI=1S/C17H23N3O/c1-2-4-17-14(3-1)11-16(21-17)13-19-7-9-20(10-8-19)15-5-6-18-12-15/h1-4,11,15,18H,5-10,12-13H2. The number of hydrogen-bond acceptors (Lipinski definition) is 4. The van der Waals surface area contributed by atoms with Gasteiger partial charge in [-0.1, -0.05) is 18.2 Å². The van der Waals surface area contributed by atoms with Gasteiger partial charge in [0.15, 0.2) is 0 Å². The van der Waals surface area contributed by atoms with Crippen molar-refractivity contribution in [3.63, 3.8) is 0 Å². The van der Waals surface area contributed by atoms with Crippen molar-refractivity contribution in [2.45, 2.75) is 19.0 Å². The van der Waals surface area contributed by atoms with Gasteiger partial charge in [0.2, 0.25) is 0 Å². The molecule has 4 nitrogen and oxygen atoms in total. The summed E-state index contributed by atoms with van der Waals surface area (Å²) < 4.78 is 5.93. The third kappa shape index (κ3) is 2.84. The molecule has 1 atom stereocenters. The fraction of sp³-hybridized carbons (Fsp3) is 0.529. The molecule has 0 spiro atoms. The number of nitrogens with one attached hydrogen (secondary N) is 1. The molecule has 4 rings (SSSR count). The summed E-state index contributed by atoms with van der Waals surface area (Å²) in [7, 11) is 0. The second-order valence-electron chi connectivity index (χ2n) is 6.21. The van der Waals surface area contributed by atoms with E-state index in [0.29, 0.717) is 0 Å². The molecule has 0 radical (unpaired) electrons. The average molecular weight is 285 g/mol. The van der Waals surface area contributed by atoms with E-state index in [0.717, 1.165) is 37.0 Å². The Balaban J connectivity index is 1.35. The van der Waals surface area contributed by atoms with Crippen molar-refractivity contribution in [3.8, 4) is 0 Å². The van der Waals surface area contributed by atoms with Gasteiger partial charge in [0.1, 0.15) is 11.3 Å². The molecule has 1 N–H and O–H groups in total. The van der Waals surface area contributed by atoms with Crippen LogP contribution in [0.2, 0.25) is 0 Å². The first kappa shape index (κ1) is 13.3.